The van der Waals surface area contributed by atoms with Crippen LogP contribution >= 0.6 is 0 Å². The van der Waals surface area contributed by atoms with Crippen LogP contribution in [0.5, 0.6) is 0 Å². The van der Waals surface area contributed by atoms with E-state index in [1.165, 1.54) is 20.8 Å². The molecule has 0 rings (SSSR count). The maximum atomic E-state index is 10.7. The van der Waals surface area contributed by atoms with E-state index in [9.17, 15) is 9.59 Å². The molecule has 0 saturated carbocycles. The van der Waals surface area contributed by atoms with Gasteiger partial charge in [-0.3, -0.25) is 9.59 Å². The van der Waals surface area contributed by atoms with E-state index < -0.39 is 17.1 Å². The largest absolute Gasteiger partial charge is 0.319 e. The van der Waals surface area contributed by atoms with Gasteiger partial charge in [0.05, 0.1) is 5.54 Å². The van der Waals surface area contributed by atoms with Crippen molar-refractivity contribution in [3.63, 3.8) is 0 Å². The van der Waals surface area contributed by atoms with Gasteiger partial charge >= 0.3 is 0 Å². The van der Waals surface area contributed by atoms with Crippen LogP contribution in [-0.4, -0.2) is 17.1 Å². The molecule has 0 aliphatic heterocycles. The highest BCUT2D eigenvalue weighted by Gasteiger charge is 2.25. The number of Topliss-reactive ketones (excluding diaryl/α,β-unsaturated/α-hetero) is 2. The maximum absolute atomic E-state index is 10.7. The van der Waals surface area contributed by atoms with E-state index in [4.69, 9.17) is 5.73 Å². The number of ketones is 2. The van der Waals surface area contributed by atoms with E-state index in [1.807, 2.05) is 0 Å². The van der Waals surface area contributed by atoms with Crippen molar-refractivity contribution in [3.05, 3.63) is 0 Å². The second-order valence-corrected chi connectivity index (χ2v) is 2.61. The van der Waals surface area contributed by atoms with E-state index in [2.05, 4.69) is 0 Å². The average molecular weight is 129 g/mol. The van der Waals surface area contributed by atoms with E-state index in [0.29, 0.717) is 0 Å². The molecule has 0 radical (unpaired) electrons. The summed E-state index contributed by atoms with van der Waals surface area (Å²) in [6.07, 6.45) is 0. The smallest absolute Gasteiger partial charge is 0.217 e. The fraction of sp³-hybridized carbons (Fsp3) is 0.667. The van der Waals surface area contributed by atoms with Crippen LogP contribution < -0.4 is 5.73 Å². The predicted octanol–water partition coefficient (Wildman–Crippen LogP) is -0.118. The third-order valence-electron chi connectivity index (χ3n) is 0.905. The number of hydrogen-bond acceptors (Lipinski definition) is 3. The normalized spacial score (nSPS) is 11.1. The second kappa shape index (κ2) is 2.27. The first-order valence-corrected chi connectivity index (χ1v) is 2.70. The Bertz CT molecular complexity index is 144. The topological polar surface area (TPSA) is 60.2 Å². The average Bonchev–Trinajstić information content (AvgIpc) is 1.62. The van der Waals surface area contributed by atoms with Gasteiger partial charge in [0.2, 0.25) is 5.78 Å². The molecular weight excluding hydrogens is 118 g/mol. The standard InChI is InChI=1S/C6H11NO2/c1-4(8)5(9)6(2,3)7/h7H2,1-3H3. The highest BCUT2D eigenvalue weighted by molar-refractivity contribution is 6.39. The molecule has 2 N–H and O–H groups in total. The highest BCUT2D eigenvalue weighted by Crippen LogP contribution is 1.98. The molecule has 0 saturated heterocycles. The first-order chi connectivity index (χ1) is 3.85. The lowest BCUT2D eigenvalue weighted by atomic mass is 9.98. The molecule has 9 heavy (non-hydrogen) atoms. The first-order valence-electron chi connectivity index (χ1n) is 2.70. The summed E-state index contributed by atoms with van der Waals surface area (Å²) in [6.45, 7) is 4.24. The molecule has 0 heterocycles. The number of nitrogens with two attached hydrogens (primary N) is 1. The van der Waals surface area contributed by atoms with Crippen LogP contribution in [0.3, 0.4) is 0 Å². The van der Waals surface area contributed by atoms with Crippen LogP contribution in [-0.2, 0) is 9.59 Å². The van der Waals surface area contributed by atoms with Gasteiger partial charge in [-0.25, -0.2) is 0 Å². The summed E-state index contributed by atoms with van der Waals surface area (Å²) in [4.78, 5) is 21.1. The van der Waals surface area contributed by atoms with Crippen molar-refractivity contribution < 1.29 is 9.59 Å². The summed E-state index contributed by atoms with van der Waals surface area (Å²) >= 11 is 0. The fourth-order valence-electron chi connectivity index (χ4n) is 0.454. The quantitative estimate of drug-likeness (QED) is 0.529. The Morgan fingerprint density at radius 3 is 1.67 bits per heavy atom. The molecule has 0 aliphatic rings. The highest BCUT2D eigenvalue weighted by atomic mass is 16.2. The number of hydrogen-bond donors (Lipinski definition) is 1. The lowest BCUT2D eigenvalue weighted by molar-refractivity contribution is -0.137. The van der Waals surface area contributed by atoms with Crippen molar-refractivity contribution in [1.82, 2.24) is 0 Å². The van der Waals surface area contributed by atoms with Gasteiger partial charge in [0.15, 0.2) is 5.78 Å². The summed E-state index contributed by atoms with van der Waals surface area (Å²) in [5.41, 5.74) is 4.30. The summed E-state index contributed by atoms with van der Waals surface area (Å²) in [7, 11) is 0. The molecule has 0 unspecified atom stereocenters. The van der Waals surface area contributed by atoms with Crippen LogP contribution in [0.4, 0.5) is 0 Å². The van der Waals surface area contributed by atoms with Crippen molar-refractivity contribution in [2.45, 2.75) is 26.3 Å². The summed E-state index contributed by atoms with van der Waals surface area (Å²) in [6, 6.07) is 0. The van der Waals surface area contributed by atoms with Gasteiger partial charge in [0.25, 0.3) is 0 Å². The van der Waals surface area contributed by atoms with Crippen molar-refractivity contribution >= 4 is 11.6 Å². The van der Waals surface area contributed by atoms with Gasteiger partial charge in [-0.05, 0) is 13.8 Å². The van der Waals surface area contributed by atoms with Crippen molar-refractivity contribution in [1.29, 1.82) is 0 Å². The minimum atomic E-state index is -1.01. The molecule has 0 aromatic heterocycles. The Kier molecular flexibility index (Phi) is 2.09. The Balaban J connectivity index is 4.23. The molecule has 3 nitrogen and oxygen atoms in total. The SMILES string of the molecule is CC(=O)C(=O)C(C)(C)N. The van der Waals surface area contributed by atoms with E-state index >= 15 is 0 Å². The Labute approximate surface area is 54.2 Å². The van der Waals surface area contributed by atoms with Crippen LogP contribution in [0.25, 0.3) is 0 Å². The monoisotopic (exact) mass is 129 g/mol. The van der Waals surface area contributed by atoms with Gasteiger partial charge in [-0.2, -0.15) is 0 Å². The van der Waals surface area contributed by atoms with Crippen LogP contribution in [0, 0.1) is 0 Å². The molecule has 3 heteroatoms. The lowest BCUT2D eigenvalue weighted by Crippen LogP contribution is -2.44. The van der Waals surface area contributed by atoms with E-state index in [1.54, 1.807) is 0 Å². The zero-order valence-corrected chi connectivity index (χ0v) is 5.89. The molecule has 0 aliphatic carbocycles. The minimum absolute atomic E-state index is 0.484. The van der Waals surface area contributed by atoms with Gasteiger partial charge in [-0.15, -0.1) is 0 Å². The lowest BCUT2D eigenvalue weighted by Gasteiger charge is -2.13. The number of rotatable bonds is 2. The van der Waals surface area contributed by atoms with Gasteiger partial charge in [0.1, 0.15) is 0 Å². The van der Waals surface area contributed by atoms with Crippen molar-refractivity contribution in [2.75, 3.05) is 0 Å². The summed E-state index contributed by atoms with van der Waals surface area (Å²) < 4.78 is 0. The maximum Gasteiger partial charge on any atom is 0.217 e. The Morgan fingerprint density at radius 2 is 1.67 bits per heavy atom. The second-order valence-electron chi connectivity index (χ2n) is 2.61. The first kappa shape index (κ1) is 8.30. The summed E-state index contributed by atoms with van der Waals surface area (Å²) in [5, 5.41) is 0. The molecule has 0 aromatic rings. The molecule has 0 atom stereocenters. The molecule has 0 bridgehead atoms. The van der Waals surface area contributed by atoms with E-state index in [0.717, 1.165) is 0 Å². The Hall–Kier alpha value is -0.700. The van der Waals surface area contributed by atoms with Gasteiger partial charge in [0, 0.05) is 6.92 Å². The van der Waals surface area contributed by atoms with Crippen LogP contribution in [0.1, 0.15) is 20.8 Å². The molecule has 0 aromatic carbocycles. The van der Waals surface area contributed by atoms with Gasteiger partial charge < -0.3 is 5.73 Å². The summed E-state index contributed by atoms with van der Waals surface area (Å²) in [5.74, 6) is -1.01. The molecular formula is C6H11NO2. The number of carbonyl (C=O) groups is 2. The fourth-order valence-corrected chi connectivity index (χ4v) is 0.454. The van der Waals surface area contributed by atoms with Crippen molar-refractivity contribution in [3.8, 4) is 0 Å². The van der Waals surface area contributed by atoms with Crippen LogP contribution in [0.2, 0.25) is 0 Å². The molecule has 0 amide bonds. The third kappa shape index (κ3) is 2.37. The Morgan fingerprint density at radius 1 is 1.33 bits per heavy atom. The third-order valence-corrected chi connectivity index (χ3v) is 0.905. The minimum Gasteiger partial charge on any atom is -0.319 e. The molecule has 52 valence electrons. The van der Waals surface area contributed by atoms with Crippen molar-refractivity contribution in [2.24, 2.45) is 5.73 Å². The number of carbonyl (C=O) groups excluding carboxylic acids is 2. The zero-order valence-electron chi connectivity index (χ0n) is 5.89. The van der Waals surface area contributed by atoms with Crippen LogP contribution in [0.15, 0.2) is 0 Å². The molecule has 0 spiro atoms. The predicted molar refractivity (Wildman–Crippen MR) is 34.0 cm³/mol. The van der Waals surface area contributed by atoms with Gasteiger partial charge in [-0.1, -0.05) is 0 Å². The van der Waals surface area contributed by atoms with E-state index in [-0.39, 0.29) is 0 Å². The zero-order chi connectivity index (χ0) is 7.65. The molecule has 0 fully saturated rings.